The molecule has 0 bridgehead atoms. The number of aromatic amines is 1. The average Bonchev–Trinajstić information content (AvgIpc) is 3.17. The van der Waals surface area contributed by atoms with Crippen LogP contribution < -0.4 is 5.73 Å². The number of nitrogens with one attached hydrogen (secondary N) is 1. The van der Waals surface area contributed by atoms with E-state index in [1.165, 1.54) is 25.1 Å². The van der Waals surface area contributed by atoms with Gasteiger partial charge in [0, 0.05) is 37.2 Å². The molecule has 2 fully saturated rings. The van der Waals surface area contributed by atoms with E-state index in [2.05, 4.69) is 19.9 Å². The van der Waals surface area contributed by atoms with Gasteiger partial charge in [-0.05, 0) is 37.3 Å². The topological polar surface area (TPSA) is 97.9 Å². The second-order valence-corrected chi connectivity index (χ2v) is 8.96. The van der Waals surface area contributed by atoms with Crippen molar-refractivity contribution in [1.82, 2.24) is 29.6 Å². The van der Waals surface area contributed by atoms with Crippen LogP contribution in [-0.2, 0) is 16.9 Å². The summed E-state index contributed by atoms with van der Waals surface area (Å²) in [5, 5.41) is 4.71. The largest absolute Gasteiger partial charge is 0.383 e. The maximum atomic E-state index is 13.3. The zero-order chi connectivity index (χ0) is 21.9. The minimum Gasteiger partial charge on any atom is -0.383 e. The fraction of sp³-hybridized carbons (Fsp3) is 0.500. The van der Waals surface area contributed by atoms with Crippen molar-refractivity contribution in [2.24, 2.45) is 5.92 Å². The number of aromatic nitrogens is 5. The summed E-state index contributed by atoms with van der Waals surface area (Å²) < 4.78 is 35.0. The van der Waals surface area contributed by atoms with E-state index in [1.54, 1.807) is 0 Å². The van der Waals surface area contributed by atoms with Crippen LogP contribution in [0.3, 0.4) is 0 Å². The van der Waals surface area contributed by atoms with Gasteiger partial charge in [-0.2, -0.15) is 5.10 Å². The molecule has 168 valence electrons. The van der Waals surface area contributed by atoms with Crippen molar-refractivity contribution in [3.8, 4) is 11.3 Å². The molecule has 1 unspecified atom stereocenters. The van der Waals surface area contributed by atoms with E-state index in [-0.39, 0.29) is 17.4 Å². The van der Waals surface area contributed by atoms with Gasteiger partial charge in [0.05, 0.1) is 36.1 Å². The van der Waals surface area contributed by atoms with E-state index in [9.17, 15) is 8.78 Å². The van der Waals surface area contributed by atoms with Crippen LogP contribution in [0.15, 0.2) is 30.7 Å². The minimum atomic E-state index is -2.68. The van der Waals surface area contributed by atoms with Gasteiger partial charge in [-0.15, -0.1) is 0 Å². The van der Waals surface area contributed by atoms with Gasteiger partial charge in [-0.3, -0.25) is 9.58 Å². The predicted molar refractivity (Wildman–Crippen MR) is 113 cm³/mol. The lowest BCUT2D eigenvalue weighted by molar-refractivity contribution is -0.0746. The Labute approximate surface area is 183 Å². The van der Waals surface area contributed by atoms with Gasteiger partial charge < -0.3 is 15.5 Å². The first kappa shape index (κ1) is 19.8. The molecule has 3 aromatic rings. The van der Waals surface area contributed by atoms with Crippen LogP contribution in [0.1, 0.15) is 48.8 Å². The number of ether oxygens (including phenoxy) is 1. The molecule has 0 amide bonds. The van der Waals surface area contributed by atoms with Crippen molar-refractivity contribution in [2.75, 3.05) is 25.4 Å². The highest BCUT2D eigenvalue weighted by molar-refractivity contribution is 5.62. The molecule has 2 atom stereocenters. The van der Waals surface area contributed by atoms with Crippen LogP contribution >= 0.6 is 0 Å². The number of likely N-dealkylation sites (tertiary alicyclic amines) is 1. The fourth-order valence-corrected chi connectivity index (χ4v) is 5.22. The third kappa shape index (κ3) is 3.20. The summed E-state index contributed by atoms with van der Waals surface area (Å²) in [5.41, 5.74) is 7.03. The van der Waals surface area contributed by atoms with Crippen LogP contribution in [0.5, 0.6) is 0 Å². The van der Waals surface area contributed by atoms with Gasteiger partial charge in [0.15, 0.2) is 0 Å². The van der Waals surface area contributed by atoms with Crippen LogP contribution in [0, 0.1) is 5.92 Å². The standard InChI is InChI=1S/C22H25F2N7O/c23-19(24)15-9-14(11-28-20(15)25)16-10-17-22(32-8-7-31(17)29-16)3-6-30(12-22)18(13-1-2-13)21-26-4-5-27-21/h4-5,9-11,13,18-19H,1-3,6-8,12H2,(H2,25,28)(H,26,27)/t18?,22-/m1/s1. The van der Waals surface area contributed by atoms with Gasteiger partial charge >= 0.3 is 0 Å². The van der Waals surface area contributed by atoms with E-state index in [1.807, 2.05) is 23.1 Å². The van der Waals surface area contributed by atoms with Gasteiger partial charge in [-0.1, -0.05) is 0 Å². The molecule has 8 nitrogen and oxygen atoms in total. The van der Waals surface area contributed by atoms with Gasteiger partial charge in [-0.25, -0.2) is 18.7 Å². The Morgan fingerprint density at radius 2 is 2.09 bits per heavy atom. The number of hydrogen-bond acceptors (Lipinski definition) is 6. The molecular formula is C22H25F2N7O. The molecule has 32 heavy (non-hydrogen) atoms. The molecule has 0 aromatic carbocycles. The normalized spacial score (nSPS) is 24.3. The Kier molecular flexibility index (Phi) is 4.55. The number of rotatable bonds is 5. The van der Waals surface area contributed by atoms with Crippen molar-refractivity contribution >= 4 is 5.82 Å². The Hall–Kier alpha value is -2.85. The number of nitrogen functional groups attached to an aromatic ring is 1. The Bertz CT molecular complexity index is 1130. The molecule has 1 spiro atoms. The number of imidazole rings is 1. The summed E-state index contributed by atoms with van der Waals surface area (Å²) in [6, 6.07) is 3.61. The lowest BCUT2D eigenvalue weighted by Gasteiger charge is -2.35. The molecule has 2 aliphatic heterocycles. The lowest BCUT2D eigenvalue weighted by atomic mass is 9.96. The number of H-pyrrole nitrogens is 1. The first-order valence-corrected chi connectivity index (χ1v) is 11.0. The third-order valence-electron chi connectivity index (χ3n) is 6.93. The molecule has 3 N–H and O–H groups in total. The Morgan fingerprint density at radius 3 is 2.84 bits per heavy atom. The van der Waals surface area contributed by atoms with E-state index in [4.69, 9.17) is 15.6 Å². The number of nitrogens with two attached hydrogens (primary N) is 1. The van der Waals surface area contributed by atoms with E-state index < -0.39 is 12.0 Å². The highest BCUT2D eigenvalue weighted by Gasteiger charge is 2.50. The van der Waals surface area contributed by atoms with Crippen LogP contribution in [0.2, 0.25) is 0 Å². The first-order valence-electron chi connectivity index (χ1n) is 11.0. The van der Waals surface area contributed by atoms with E-state index >= 15 is 0 Å². The number of fused-ring (bicyclic) bond motifs is 2. The van der Waals surface area contributed by atoms with E-state index in [0.29, 0.717) is 30.3 Å². The molecule has 6 rings (SSSR count). The fourth-order valence-electron chi connectivity index (χ4n) is 5.22. The van der Waals surface area contributed by atoms with Crippen LogP contribution in [-0.4, -0.2) is 49.3 Å². The van der Waals surface area contributed by atoms with Crippen molar-refractivity contribution < 1.29 is 13.5 Å². The van der Waals surface area contributed by atoms with Gasteiger partial charge in [0.2, 0.25) is 0 Å². The summed E-state index contributed by atoms with van der Waals surface area (Å²) in [7, 11) is 0. The number of nitrogens with zero attached hydrogens (tertiary/aromatic N) is 5. The summed E-state index contributed by atoms with van der Waals surface area (Å²) in [6.45, 7) is 2.86. The summed E-state index contributed by atoms with van der Waals surface area (Å²) in [5.74, 6) is 1.49. The SMILES string of the molecule is Nc1ncc(-c2cc3n(n2)CCO[C@@]32CCN(C(c3ncc[nH]3)C3CC3)C2)cc1C(F)F. The van der Waals surface area contributed by atoms with Crippen LogP contribution in [0.4, 0.5) is 14.6 Å². The van der Waals surface area contributed by atoms with Crippen LogP contribution in [0.25, 0.3) is 11.3 Å². The summed E-state index contributed by atoms with van der Waals surface area (Å²) in [4.78, 5) is 14.3. The first-order chi connectivity index (χ1) is 15.5. The number of anilines is 1. The van der Waals surface area contributed by atoms with Gasteiger partial charge in [0.1, 0.15) is 17.2 Å². The molecular weight excluding hydrogens is 416 g/mol. The molecule has 1 saturated carbocycles. The Morgan fingerprint density at radius 1 is 1.22 bits per heavy atom. The second-order valence-electron chi connectivity index (χ2n) is 8.96. The zero-order valence-electron chi connectivity index (χ0n) is 17.5. The molecule has 10 heteroatoms. The molecule has 3 aliphatic rings. The third-order valence-corrected chi connectivity index (χ3v) is 6.93. The highest BCUT2D eigenvalue weighted by atomic mass is 19.3. The number of alkyl halides is 2. The number of halogens is 2. The highest BCUT2D eigenvalue weighted by Crippen LogP contribution is 2.48. The van der Waals surface area contributed by atoms with E-state index in [0.717, 1.165) is 31.0 Å². The molecule has 1 aliphatic carbocycles. The monoisotopic (exact) mass is 441 g/mol. The smallest absolute Gasteiger partial charge is 0.267 e. The van der Waals surface area contributed by atoms with Crippen molar-refractivity contribution in [2.45, 2.75) is 43.9 Å². The number of hydrogen-bond donors (Lipinski definition) is 2. The minimum absolute atomic E-state index is 0.150. The van der Waals surface area contributed by atoms with Crippen molar-refractivity contribution in [3.63, 3.8) is 0 Å². The second kappa shape index (κ2) is 7.35. The quantitative estimate of drug-likeness (QED) is 0.631. The Balaban J connectivity index is 1.32. The van der Waals surface area contributed by atoms with Crippen molar-refractivity contribution in [3.05, 3.63) is 47.8 Å². The van der Waals surface area contributed by atoms with Crippen molar-refractivity contribution in [1.29, 1.82) is 0 Å². The molecule has 5 heterocycles. The molecule has 0 radical (unpaired) electrons. The maximum Gasteiger partial charge on any atom is 0.267 e. The lowest BCUT2D eigenvalue weighted by Crippen LogP contribution is -2.41. The maximum absolute atomic E-state index is 13.3. The number of pyridine rings is 1. The zero-order valence-corrected chi connectivity index (χ0v) is 17.5. The summed E-state index contributed by atoms with van der Waals surface area (Å²) >= 11 is 0. The predicted octanol–water partition coefficient (Wildman–Crippen LogP) is 3.27. The van der Waals surface area contributed by atoms with Gasteiger partial charge in [0.25, 0.3) is 6.43 Å². The molecule has 3 aromatic heterocycles. The summed E-state index contributed by atoms with van der Waals surface area (Å²) in [6.07, 6.45) is 5.79. The molecule has 1 saturated heterocycles. The average molecular weight is 441 g/mol.